The Morgan fingerprint density at radius 3 is 2.73 bits per heavy atom. The maximum atomic E-state index is 9.19. The molecule has 2 nitrogen and oxygen atoms in total. The van der Waals surface area contributed by atoms with Gasteiger partial charge in [-0.3, -0.25) is 4.98 Å². The summed E-state index contributed by atoms with van der Waals surface area (Å²) in [5.41, 5.74) is 0.858. The van der Waals surface area contributed by atoms with Crippen molar-refractivity contribution in [3.63, 3.8) is 0 Å². The van der Waals surface area contributed by atoms with Gasteiger partial charge in [-0.1, -0.05) is 24.3 Å². The van der Waals surface area contributed by atoms with Crippen molar-refractivity contribution in [1.29, 1.82) is 5.26 Å². The van der Waals surface area contributed by atoms with Gasteiger partial charge in [-0.05, 0) is 23.8 Å². The number of nitrogens with zero attached hydrogens (tertiary/aromatic N) is 2. The van der Waals surface area contributed by atoms with Gasteiger partial charge >= 0.3 is 0 Å². The summed E-state index contributed by atoms with van der Waals surface area (Å²) in [5, 5.41) is 11.5. The van der Waals surface area contributed by atoms with Gasteiger partial charge in [0.15, 0.2) is 0 Å². The quantitative estimate of drug-likeness (QED) is 0.699. The highest BCUT2D eigenvalue weighted by molar-refractivity contribution is 5.86. The topological polar surface area (TPSA) is 36.7 Å². The molecule has 15 heavy (non-hydrogen) atoms. The molecule has 1 saturated carbocycles. The zero-order valence-corrected chi connectivity index (χ0v) is 8.27. The Bertz CT molecular complexity index is 557. The molecule has 0 atom stereocenters. The molecule has 0 amide bonds. The largest absolute Gasteiger partial charge is 0.264 e. The summed E-state index contributed by atoms with van der Waals surface area (Å²) in [6.45, 7) is 0. The van der Waals surface area contributed by atoms with Crippen molar-refractivity contribution < 1.29 is 0 Å². The van der Waals surface area contributed by atoms with Crippen molar-refractivity contribution in [3.8, 4) is 6.07 Å². The fourth-order valence-corrected chi connectivity index (χ4v) is 2.06. The van der Waals surface area contributed by atoms with Crippen LogP contribution in [-0.4, -0.2) is 4.98 Å². The zero-order valence-electron chi connectivity index (χ0n) is 8.27. The van der Waals surface area contributed by atoms with E-state index in [0.29, 0.717) is 0 Å². The maximum absolute atomic E-state index is 9.19. The van der Waals surface area contributed by atoms with E-state index >= 15 is 0 Å². The van der Waals surface area contributed by atoms with Crippen molar-refractivity contribution in [2.75, 3.05) is 0 Å². The smallest absolute Gasteiger partial charge is 0.0844 e. The van der Waals surface area contributed by atoms with Crippen LogP contribution in [0.5, 0.6) is 0 Å². The first-order valence-corrected chi connectivity index (χ1v) is 5.10. The molecule has 72 valence electrons. The molecule has 2 heteroatoms. The van der Waals surface area contributed by atoms with Gasteiger partial charge in [0.25, 0.3) is 0 Å². The predicted octanol–water partition coefficient (Wildman–Crippen LogP) is 2.79. The average Bonchev–Trinajstić information content (AvgIpc) is 3.09. The third-order valence-electron chi connectivity index (χ3n) is 3.15. The van der Waals surface area contributed by atoms with Gasteiger partial charge in [0.05, 0.1) is 11.5 Å². The summed E-state index contributed by atoms with van der Waals surface area (Å²) >= 11 is 0. The number of nitriles is 1. The van der Waals surface area contributed by atoms with E-state index in [4.69, 9.17) is 0 Å². The van der Waals surface area contributed by atoms with Crippen LogP contribution in [0.4, 0.5) is 0 Å². The molecule has 2 aromatic rings. The van der Waals surface area contributed by atoms with Crippen LogP contribution in [0, 0.1) is 11.3 Å². The monoisotopic (exact) mass is 194 g/mol. The molecule has 1 aromatic carbocycles. The van der Waals surface area contributed by atoms with E-state index in [0.717, 1.165) is 23.8 Å². The summed E-state index contributed by atoms with van der Waals surface area (Å²) in [7, 11) is 0. The number of pyridine rings is 1. The van der Waals surface area contributed by atoms with Crippen molar-refractivity contribution >= 4 is 10.8 Å². The van der Waals surface area contributed by atoms with E-state index in [-0.39, 0.29) is 5.41 Å². The minimum Gasteiger partial charge on any atom is -0.264 e. The molecular weight excluding hydrogens is 184 g/mol. The summed E-state index contributed by atoms with van der Waals surface area (Å²) in [6, 6.07) is 10.5. The molecule has 1 aromatic heterocycles. The molecule has 1 heterocycles. The number of hydrogen-bond acceptors (Lipinski definition) is 2. The first kappa shape index (κ1) is 8.43. The van der Waals surface area contributed by atoms with Gasteiger partial charge < -0.3 is 0 Å². The predicted molar refractivity (Wildman–Crippen MR) is 58.3 cm³/mol. The van der Waals surface area contributed by atoms with E-state index in [1.807, 2.05) is 30.6 Å². The molecule has 0 spiro atoms. The van der Waals surface area contributed by atoms with Crippen molar-refractivity contribution in [1.82, 2.24) is 4.98 Å². The van der Waals surface area contributed by atoms with Crippen molar-refractivity contribution in [2.45, 2.75) is 18.3 Å². The Morgan fingerprint density at radius 1 is 1.20 bits per heavy atom. The second-order valence-electron chi connectivity index (χ2n) is 4.10. The Balaban J connectivity index is 2.33. The molecule has 0 N–H and O–H groups in total. The van der Waals surface area contributed by atoms with E-state index in [2.05, 4.69) is 17.1 Å². The van der Waals surface area contributed by atoms with Gasteiger partial charge in [-0.15, -0.1) is 0 Å². The van der Waals surface area contributed by atoms with Crippen LogP contribution in [0.2, 0.25) is 0 Å². The van der Waals surface area contributed by atoms with Crippen LogP contribution >= 0.6 is 0 Å². The van der Waals surface area contributed by atoms with Gasteiger partial charge in [0.1, 0.15) is 0 Å². The van der Waals surface area contributed by atoms with Gasteiger partial charge in [0.2, 0.25) is 0 Å². The molecule has 0 aliphatic heterocycles. The molecule has 0 bridgehead atoms. The Kier molecular flexibility index (Phi) is 1.58. The highest BCUT2D eigenvalue weighted by Gasteiger charge is 2.46. The van der Waals surface area contributed by atoms with Crippen molar-refractivity contribution in [2.24, 2.45) is 0 Å². The first-order chi connectivity index (χ1) is 7.36. The fourth-order valence-electron chi connectivity index (χ4n) is 2.06. The first-order valence-electron chi connectivity index (χ1n) is 5.10. The minimum atomic E-state index is -0.242. The minimum absolute atomic E-state index is 0.242. The SMILES string of the molecule is N#CC1(c2cncc3ccccc23)CC1. The van der Waals surface area contributed by atoms with Gasteiger partial charge in [0, 0.05) is 17.8 Å². The molecule has 3 rings (SSSR count). The van der Waals surface area contributed by atoms with E-state index in [9.17, 15) is 5.26 Å². The lowest BCUT2D eigenvalue weighted by Gasteiger charge is -2.09. The lowest BCUT2D eigenvalue weighted by molar-refractivity contribution is 0.910. The highest BCUT2D eigenvalue weighted by Crippen LogP contribution is 2.49. The summed E-state index contributed by atoms with van der Waals surface area (Å²) in [4.78, 5) is 4.22. The second kappa shape index (κ2) is 2.80. The normalized spacial score (nSPS) is 17.3. The van der Waals surface area contributed by atoms with E-state index in [1.165, 1.54) is 5.39 Å². The van der Waals surface area contributed by atoms with Crippen LogP contribution in [-0.2, 0) is 5.41 Å². The molecule has 0 saturated heterocycles. The molecule has 0 radical (unpaired) electrons. The average molecular weight is 194 g/mol. The lowest BCUT2D eigenvalue weighted by Crippen LogP contribution is -2.03. The van der Waals surface area contributed by atoms with E-state index in [1.54, 1.807) is 0 Å². The maximum Gasteiger partial charge on any atom is 0.0844 e. The Hall–Kier alpha value is -1.88. The number of fused-ring (bicyclic) bond motifs is 1. The summed E-state index contributed by atoms with van der Waals surface area (Å²) < 4.78 is 0. The third kappa shape index (κ3) is 1.13. The molecule has 1 aliphatic rings. The molecular formula is C13H10N2. The number of aromatic nitrogens is 1. The summed E-state index contributed by atoms with van der Waals surface area (Å²) in [5.74, 6) is 0. The van der Waals surface area contributed by atoms with Gasteiger partial charge in [-0.25, -0.2) is 0 Å². The Labute approximate surface area is 88.2 Å². The summed E-state index contributed by atoms with van der Waals surface area (Å²) in [6.07, 6.45) is 5.64. The number of rotatable bonds is 1. The molecule has 0 unspecified atom stereocenters. The fraction of sp³-hybridized carbons (Fsp3) is 0.231. The standard InChI is InChI=1S/C13H10N2/c14-9-13(5-6-13)12-8-15-7-10-3-1-2-4-11(10)12/h1-4,7-8H,5-6H2. The van der Waals surface area contributed by atoms with Crippen LogP contribution < -0.4 is 0 Å². The lowest BCUT2D eigenvalue weighted by atomic mass is 9.94. The van der Waals surface area contributed by atoms with Gasteiger partial charge in [-0.2, -0.15) is 5.26 Å². The Morgan fingerprint density at radius 2 is 2.00 bits per heavy atom. The molecule has 1 fully saturated rings. The van der Waals surface area contributed by atoms with E-state index < -0.39 is 0 Å². The van der Waals surface area contributed by atoms with Crippen LogP contribution in [0.1, 0.15) is 18.4 Å². The van der Waals surface area contributed by atoms with Crippen LogP contribution in [0.15, 0.2) is 36.7 Å². The zero-order chi connectivity index (χ0) is 10.3. The number of hydrogen-bond donors (Lipinski definition) is 0. The number of benzene rings is 1. The second-order valence-corrected chi connectivity index (χ2v) is 4.10. The molecule has 1 aliphatic carbocycles. The third-order valence-corrected chi connectivity index (χ3v) is 3.15. The highest BCUT2D eigenvalue weighted by atomic mass is 14.6. The van der Waals surface area contributed by atoms with Crippen LogP contribution in [0.3, 0.4) is 0 Å². The van der Waals surface area contributed by atoms with Crippen molar-refractivity contribution in [3.05, 3.63) is 42.2 Å². The van der Waals surface area contributed by atoms with Crippen LogP contribution in [0.25, 0.3) is 10.8 Å².